The number of nitrogens with zero attached hydrogens (tertiary/aromatic N) is 1. The highest BCUT2D eigenvalue weighted by molar-refractivity contribution is 5.58. The van der Waals surface area contributed by atoms with Crippen molar-refractivity contribution < 1.29 is 0 Å². The van der Waals surface area contributed by atoms with Gasteiger partial charge in [0.05, 0.1) is 0 Å². The number of nitrogens with two attached hydrogens (primary N) is 1. The molecule has 2 heteroatoms. The number of rotatable bonds is 2. The number of hydrogen-bond acceptors (Lipinski definition) is 2. The van der Waals surface area contributed by atoms with Crippen LogP contribution in [0.15, 0.2) is 18.2 Å². The average molecular weight is 204 g/mol. The van der Waals surface area contributed by atoms with Gasteiger partial charge in [0, 0.05) is 24.5 Å². The summed E-state index contributed by atoms with van der Waals surface area (Å²) >= 11 is 0. The lowest BCUT2D eigenvalue weighted by Crippen LogP contribution is -2.19. The molecule has 0 amide bonds. The molecular weight excluding hydrogens is 184 g/mol. The van der Waals surface area contributed by atoms with E-state index in [9.17, 15) is 0 Å². The van der Waals surface area contributed by atoms with E-state index < -0.39 is 0 Å². The van der Waals surface area contributed by atoms with Crippen LogP contribution in [0.1, 0.15) is 25.3 Å². The van der Waals surface area contributed by atoms with Crippen molar-refractivity contribution in [2.75, 3.05) is 23.7 Å². The van der Waals surface area contributed by atoms with Crippen LogP contribution >= 0.6 is 0 Å². The van der Waals surface area contributed by atoms with Gasteiger partial charge in [-0.1, -0.05) is 13.3 Å². The van der Waals surface area contributed by atoms with Gasteiger partial charge in [-0.2, -0.15) is 0 Å². The maximum atomic E-state index is 5.82. The smallest absolute Gasteiger partial charge is 0.0370 e. The Bertz CT molecular complexity index is 346. The van der Waals surface area contributed by atoms with E-state index >= 15 is 0 Å². The molecule has 1 aromatic rings. The number of benzene rings is 1. The Morgan fingerprint density at radius 2 is 2.27 bits per heavy atom. The zero-order chi connectivity index (χ0) is 10.8. The minimum absolute atomic E-state index is 0.878. The molecule has 0 aromatic heterocycles. The highest BCUT2D eigenvalue weighted by atomic mass is 15.1. The summed E-state index contributed by atoms with van der Waals surface area (Å²) in [4.78, 5) is 2.47. The lowest BCUT2D eigenvalue weighted by atomic mass is 10.1. The zero-order valence-electron chi connectivity index (χ0n) is 9.66. The van der Waals surface area contributed by atoms with Gasteiger partial charge in [0.1, 0.15) is 0 Å². The number of hydrogen-bond donors (Lipinski definition) is 1. The molecular formula is C13H20N2. The fourth-order valence-electron chi connectivity index (χ4n) is 2.26. The van der Waals surface area contributed by atoms with E-state index in [1.807, 2.05) is 6.07 Å². The van der Waals surface area contributed by atoms with Crippen molar-refractivity contribution in [2.45, 2.75) is 26.7 Å². The van der Waals surface area contributed by atoms with Crippen molar-refractivity contribution in [3.63, 3.8) is 0 Å². The van der Waals surface area contributed by atoms with Gasteiger partial charge in [-0.15, -0.1) is 0 Å². The monoisotopic (exact) mass is 204 g/mol. The molecule has 82 valence electrons. The molecule has 1 unspecified atom stereocenters. The lowest BCUT2D eigenvalue weighted by Gasteiger charge is -2.19. The Balaban J connectivity index is 2.13. The molecule has 0 aliphatic carbocycles. The van der Waals surface area contributed by atoms with Crippen LogP contribution < -0.4 is 10.6 Å². The molecule has 2 nitrogen and oxygen atoms in total. The van der Waals surface area contributed by atoms with Crippen LogP contribution in [0, 0.1) is 12.8 Å². The molecule has 1 aromatic carbocycles. The molecule has 1 aliphatic heterocycles. The highest BCUT2D eigenvalue weighted by Gasteiger charge is 2.21. The molecule has 0 bridgehead atoms. The molecule has 1 atom stereocenters. The van der Waals surface area contributed by atoms with Crippen LogP contribution in [0.2, 0.25) is 0 Å². The van der Waals surface area contributed by atoms with Gasteiger partial charge in [0.25, 0.3) is 0 Å². The molecule has 0 radical (unpaired) electrons. The summed E-state index contributed by atoms with van der Waals surface area (Å²) in [7, 11) is 0. The molecule has 1 aliphatic rings. The maximum Gasteiger partial charge on any atom is 0.0370 e. The third kappa shape index (κ3) is 2.09. The molecule has 1 heterocycles. The minimum atomic E-state index is 0.878. The molecule has 1 saturated heterocycles. The van der Waals surface area contributed by atoms with Gasteiger partial charge < -0.3 is 10.6 Å². The van der Waals surface area contributed by atoms with Gasteiger partial charge in [-0.3, -0.25) is 0 Å². The summed E-state index contributed by atoms with van der Waals surface area (Å²) in [6.45, 7) is 6.76. The number of aryl methyl sites for hydroxylation is 1. The first kappa shape index (κ1) is 10.3. The van der Waals surface area contributed by atoms with Gasteiger partial charge in [-0.25, -0.2) is 0 Å². The van der Waals surface area contributed by atoms with Crippen LogP contribution in [-0.2, 0) is 0 Å². The van der Waals surface area contributed by atoms with Gasteiger partial charge in [0.2, 0.25) is 0 Å². The SMILES string of the molecule is CCC1CCN(c2ccc(N)c(C)c2)C1. The minimum Gasteiger partial charge on any atom is -0.399 e. The van der Waals surface area contributed by atoms with Crippen molar-refractivity contribution in [1.82, 2.24) is 0 Å². The Kier molecular flexibility index (Phi) is 2.85. The Morgan fingerprint density at radius 1 is 1.47 bits per heavy atom. The summed E-state index contributed by atoms with van der Waals surface area (Å²) in [6.07, 6.45) is 2.63. The van der Waals surface area contributed by atoms with Gasteiger partial charge in [-0.05, 0) is 43.0 Å². The third-order valence-corrected chi connectivity index (χ3v) is 3.48. The van der Waals surface area contributed by atoms with E-state index in [2.05, 4.69) is 30.9 Å². The largest absolute Gasteiger partial charge is 0.399 e. The van der Waals surface area contributed by atoms with E-state index in [1.54, 1.807) is 0 Å². The first-order chi connectivity index (χ1) is 7.20. The third-order valence-electron chi connectivity index (χ3n) is 3.48. The summed E-state index contributed by atoms with van der Waals surface area (Å²) in [5.74, 6) is 0.878. The predicted octanol–water partition coefficient (Wildman–Crippen LogP) is 2.81. The molecule has 15 heavy (non-hydrogen) atoms. The van der Waals surface area contributed by atoms with Crippen LogP contribution in [0.5, 0.6) is 0 Å². The van der Waals surface area contributed by atoms with Crippen molar-refractivity contribution in [3.05, 3.63) is 23.8 Å². The van der Waals surface area contributed by atoms with Gasteiger partial charge in [0.15, 0.2) is 0 Å². The predicted molar refractivity (Wildman–Crippen MR) is 66.2 cm³/mol. The van der Waals surface area contributed by atoms with E-state index in [0.717, 1.165) is 11.6 Å². The zero-order valence-corrected chi connectivity index (χ0v) is 9.66. The summed E-state index contributed by atoms with van der Waals surface area (Å²) in [6, 6.07) is 6.36. The normalized spacial score (nSPS) is 20.9. The van der Waals surface area contributed by atoms with E-state index in [4.69, 9.17) is 5.73 Å². The summed E-state index contributed by atoms with van der Waals surface area (Å²) in [5.41, 5.74) is 9.23. The second-order valence-corrected chi connectivity index (χ2v) is 4.55. The van der Waals surface area contributed by atoms with Crippen LogP contribution in [-0.4, -0.2) is 13.1 Å². The Hall–Kier alpha value is -1.18. The fourth-order valence-corrected chi connectivity index (χ4v) is 2.26. The van der Waals surface area contributed by atoms with Crippen molar-refractivity contribution in [3.8, 4) is 0 Å². The summed E-state index contributed by atoms with van der Waals surface area (Å²) < 4.78 is 0. The molecule has 1 fully saturated rings. The average Bonchev–Trinajstić information content (AvgIpc) is 2.70. The standard InChI is InChI=1S/C13H20N2/c1-3-11-6-7-15(9-11)12-4-5-13(14)10(2)8-12/h4-5,8,11H,3,6-7,9,14H2,1-2H3. The highest BCUT2D eigenvalue weighted by Crippen LogP contribution is 2.27. The van der Waals surface area contributed by atoms with Crippen LogP contribution in [0.25, 0.3) is 0 Å². The number of nitrogen functional groups attached to an aromatic ring is 1. The molecule has 0 spiro atoms. The number of anilines is 2. The van der Waals surface area contributed by atoms with Crippen LogP contribution in [0.4, 0.5) is 11.4 Å². The quantitative estimate of drug-likeness (QED) is 0.751. The van der Waals surface area contributed by atoms with Crippen molar-refractivity contribution in [2.24, 2.45) is 5.92 Å². The van der Waals surface area contributed by atoms with Crippen molar-refractivity contribution >= 4 is 11.4 Å². The van der Waals surface area contributed by atoms with E-state index in [-0.39, 0.29) is 0 Å². The second kappa shape index (κ2) is 4.13. The first-order valence-corrected chi connectivity index (χ1v) is 5.81. The Morgan fingerprint density at radius 3 is 2.87 bits per heavy atom. The lowest BCUT2D eigenvalue weighted by molar-refractivity contribution is 0.569. The first-order valence-electron chi connectivity index (χ1n) is 5.81. The fraction of sp³-hybridized carbons (Fsp3) is 0.538. The van der Waals surface area contributed by atoms with Crippen molar-refractivity contribution in [1.29, 1.82) is 0 Å². The molecule has 2 N–H and O–H groups in total. The van der Waals surface area contributed by atoms with Gasteiger partial charge >= 0.3 is 0 Å². The Labute approximate surface area is 92.1 Å². The van der Waals surface area contributed by atoms with E-state index in [1.165, 1.54) is 37.2 Å². The topological polar surface area (TPSA) is 29.3 Å². The molecule has 0 saturated carbocycles. The maximum absolute atomic E-state index is 5.82. The van der Waals surface area contributed by atoms with Crippen LogP contribution in [0.3, 0.4) is 0 Å². The van der Waals surface area contributed by atoms with E-state index in [0.29, 0.717) is 0 Å². The second-order valence-electron chi connectivity index (χ2n) is 4.55. The summed E-state index contributed by atoms with van der Waals surface area (Å²) in [5, 5.41) is 0. The molecule has 2 rings (SSSR count).